The van der Waals surface area contributed by atoms with Crippen LogP contribution < -0.4 is 5.32 Å². The van der Waals surface area contributed by atoms with Gasteiger partial charge in [0.1, 0.15) is 0 Å². The van der Waals surface area contributed by atoms with Gasteiger partial charge in [-0.3, -0.25) is 0 Å². The van der Waals surface area contributed by atoms with Crippen LogP contribution in [0.2, 0.25) is 0 Å². The number of rotatable bonds is 1. The van der Waals surface area contributed by atoms with Gasteiger partial charge in [0.2, 0.25) is 0 Å². The number of nitrogens with one attached hydrogen (secondary N) is 1. The summed E-state index contributed by atoms with van der Waals surface area (Å²) in [7, 11) is 1.71. The molecular weight excluding hydrogens is 138 g/mol. The number of hydrogen-bond donors (Lipinski definition) is 1. The van der Waals surface area contributed by atoms with Crippen LogP contribution in [-0.2, 0) is 10.5 Å². The van der Waals surface area contributed by atoms with E-state index in [1.165, 1.54) is 11.3 Å². The zero-order valence-corrected chi connectivity index (χ0v) is 6.72. The molecule has 0 aromatic heterocycles. The maximum atomic E-state index is 5.29. The van der Waals surface area contributed by atoms with Gasteiger partial charge in [-0.05, 0) is 13.0 Å². The number of para-hydroxylation sites is 1. The summed E-state index contributed by atoms with van der Waals surface area (Å²) in [5, 5.41) is 3.23. The van der Waals surface area contributed by atoms with Crippen molar-refractivity contribution in [2.24, 2.45) is 0 Å². The van der Waals surface area contributed by atoms with Crippen molar-refractivity contribution in [2.75, 3.05) is 12.4 Å². The maximum Gasteiger partial charge on any atom is 0.163 e. The minimum Gasteiger partial charge on any atom is -0.355 e. The van der Waals surface area contributed by atoms with Gasteiger partial charge in [-0.15, -0.1) is 0 Å². The summed E-state index contributed by atoms with van der Waals surface area (Å²) in [6.07, 6.45) is 0. The van der Waals surface area contributed by atoms with Gasteiger partial charge in [-0.1, -0.05) is 18.2 Å². The molecule has 2 nitrogen and oxygen atoms in total. The fraction of sp³-hybridized carbons (Fsp3) is 0.333. The monoisotopic (exact) mass is 149 g/mol. The van der Waals surface area contributed by atoms with Gasteiger partial charge in [-0.2, -0.15) is 0 Å². The van der Waals surface area contributed by atoms with E-state index in [2.05, 4.69) is 17.4 Å². The molecule has 0 radical (unpaired) electrons. The van der Waals surface area contributed by atoms with E-state index in [4.69, 9.17) is 4.74 Å². The van der Waals surface area contributed by atoms with E-state index in [0.29, 0.717) is 0 Å². The van der Waals surface area contributed by atoms with E-state index in [-0.39, 0.29) is 5.72 Å². The van der Waals surface area contributed by atoms with Crippen molar-refractivity contribution in [1.29, 1.82) is 0 Å². The number of benzene rings is 1. The van der Waals surface area contributed by atoms with E-state index in [9.17, 15) is 0 Å². The van der Waals surface area contributed by atoms with Crippen LogP contribution in [0.1, 0.15) is 12.5 Å². The molecular formula is C9H11NO. The lowest BCUT2D eigenvalue weighted by atomic mass is 9.94. The third-order valence-corrected chi connectivity index (χ3v) is 2.22. The Labute approximate surface area is 66.2 Å². The van der Waals surface area contributed by atoms with Crippen molar-refractivity contribution < 1.29 is 4.74 Å². The minimum absolute atomic E-state index is 0.253. The van der Waals surface area contributed by atoms with Gasteiger partial charge in [-0.25, -0.2) is 0 Å². The van der Waals surface area contributed by atoms with Crippen LogP contribution in [0.25, 0.3) is 0 Å². The van der Waals surface area contributed by atoms with Gasteiger partial charge in [0.05, 0.1) is 0 Å². The molecule has 1 atom stereocenters. The quantitative estimate of drug-likeness (QED) is 0.658. The minimum atomic E-state index is -0.253. The molecule has 0 amide bonds. The zero-order valence-electron chi connectivity index (χ0n) is 6.72. The molecule has 0 aliphatic carbocycles. The second kappa shape index (κ2) is 1.98. The van der Waals surface area contributed by atoms with Crippen LogP contribution in [-0.4, -0.2) is 7.11 Å². The highest BCUT2D eigenvalue weighted by molar-refractivity contribution is 5.64. The van der Waals surface area contributed by atoms with Crippen LogP contribution in [0.4, 0.5) is 5.69 Å². The summed E-state index contributed by atoms with van der Waals surface area (Å²) >= 11 is 0. The molecule has 1 aliphatic rings. The number of ether oxygens (including phenoxy) is 1. The van der Waals surface area contributed by atoms with Crippen molar-refractivity contribution in [3.8, 4) is 0 Å². The van der Waals surface area contributed by atoms with Crippen LogP contribution >= 0.6 is 0 Å². The predicted octanol–water partition coefficient (Wildman–Crippen LogP) is 1.93. The van der Waals surface area contributed by atoms with Crippen molar-refractivity contribution in [2.45, 2.75) is 12.6 Å². The van der Waals surface area contributed by atoms with E-state index < -0.39 is 0 Å². The number of hydrogen-bond acceptors (Lipinski definition) is 2. The number of anilines is 1. The Morgan fingerprint density at radius 1 is 1.36 bits per heavy atom. The lowest BCUT2D eigenvalue weighted by molar-refractivity contribution is 0.0151. The highest BCUT2D eigenvalue weighted by Gasteiger charge is 2.37. The smallest absolute Gasteiger partial charge is 0.163 e. The second-order valence-electron chi connectivity index (χ2n) is 2.91. The molecule has 1 aromatic carbocycles. The molecule has 0 saturated carbocycles. The maximum absolute atomic E-state index is 5.29. The average molecular weight is 149 g/mol. The zero-order chi connectivity index (χ0) is 7.90. The largest absolute Gasteiger partial charge is 0.355 e. The van der Waals surface area contributed by atoms with Crippen molar-refractivity contribution in [3.63, 3.8) is 0 Å². The lowest BCUT2D eigenvalue weighted by Gasteiger charge is -2.41. The first-order chi connectivity index (χ1) is 5.26. The number of methoxy groups -OCH3 is 1. The Morgan fingerprint density at radius 2 is 2.09 bits per heavy atom. The first-order valence-electron chi connectivity index (χ1n) is 3.69. The fourth-order valence-electron chi connectivity index (χ4n) is 1.43. The topological polar surface area (TPSA) is 21.3 Å². The van der Waals surface area contributed by atoms with Crippen LogP contribution in [0, 0.1) is 0 Å². The summed E-state index contributed by atoms with van der Waals surface area (Å²) in [6.45, 7) is 2.02. The predicted molar refractivity (Wildman–Crippen MR) is 44.4 cm³/mol. The molecule has 1 aliphatic heterocycles. The number of fused-ring (bicyclic) bond motifs is 1. The molecule has 1 heterocycles. The summed E-state index contributed by atoms with van der Waals surface area (Å²) in [4.78, 5) is 0. The van der Waals surface area contributed by atoms with Gasteiger partial charge >= 0.3 is 0 Å². The lowest BCUT2D eigenvalue weighted by Crippen LogP contribution is -2.42. The van der Waals surface area contributed by atoms with Crippen molar-refractivity contribution in [1.82, 2.24) is 0 Å². The van der Waals surface area contributed by atoms with Crippen LogP contribution in [0.3, 0.4) is 0 Å². The van der Waals surface area contributed by atoms with E-state index in [1.54, 1.807) is 7.11 Å². The van der Waals surface area contributed by atoms with Gasteiger partial charge < -0.3 is 10.1 Å². The first-order valence-corrected chi connectivity index (χ1v) is 3.69. The Kier molecular flexibility index (Phi) is 1.20. The molecule has 0 saturated heterocycles. The molecule has 0 spiro atoms. The molecule has 11 heavy (non-hydrogen) atoms. The highest BCUT2D eigenvalue weighted by Crippen LogP contribution is 2.40. The van der Waals surface area contributed by atoms with E-state index in [0.717, 1.165) is 0 Å². The standard InChI is InChI=1S/C9H11NO/c1-9(11-2)7-5-3-4-6-8(7)10-9/h3-6,10H,1-2H3. The van der Waals surface area contributed by atoms with Crippen molar-refractivity contribution >= 4 is 5.69 Å². The summed E-state index contributed by atoms with van der Waals surface area (Å²) in [5.41, 5.74) is 2.16. The first kappa shape index (κ1) is 6.68. The third kappa shape index (κ3) is 0.761. The van der Waals surface area contributed by atoms with E-state index in [1.807, 2.05) is 19.1 Å². The SMILES string of the molecule is COC1(C)Nc2ccccc21. The van der Waals surface area contributed by atoms with Gasteiger partial charge in [0.25, 0.3) is 0 Å². The molecule has 1 aromatic rings. The summed E-state index contributed by atoms with van der Waals surface area (Å²) in [5.74, 6) is 0. The highest BCUT2D eigenvalue weighted by atomic mass is 16.5. The van der Waals surface area contributed by atoms with Gasteiger partial charge in [0.15, 0.2) is 5.72 Å². The Bertz CT molecular complexity index is 285. The second-order valence-corrected chi connectivity index (χ2v) is 2.91. The molecule has 2 rings (SSSR count). The van der Waals surface area contributed by atoms with Crippen LogP contribution in [0.15, 0.2) is 24.3 Å². The Hall–Kier alpha value is -1.02. The summed E-state index contributed by atoms with van der Waals surface area (Å²) in [6, 6.07) is 8.17. The molecule has 1 N–H and O–H groups in total. The molecule has 1 unspecified atom stereocenters. The van der Waals surface area contributed by atoms with Crippen LogP contribution in [0.5, 0.6) is 0 Å². The Balaban J connectivity index is 2.43. The molecule has 58 valence electrons. The fourth-order valence-corrected chi connectivity index (χ4v) is 1.43. The summed E-state index contributed by atoms with van der Waals surface area (Å²) < 4.78 is 5.29. The Morgan fingerprint density at radius 3 is 2.73 bits per heavy atom. The third-order valence-electron chi connectivity index (χ3n) is 2.22. The van der Waals surface area contributed by atoms with Crippen molar-refractivity contribution in [3.05, 3.63) is 29.8 Å². The molecule has 0 fully saturated rings. The normalized spacial score (nSPS) is 26.7. The molecule has 2 heteroatoms. The molecule has 0 bridgehead atoms. The van der Waals surface area contributed by atoms with Gasteiger partial charge in [0, 0.05) is 18.4 Å². The van der Waals surface area contributed by atoms with E-state index >= 15 is 0 Å². The average Bonchev–Trinajstić information content (AvgIpc) is 2.02.